The lowest BCUT2D eigenvalue weighted by molar-refractivity contribution is -0.124. The summed E-state index contributed by atoms with van der Waals surface area (Å²) in [7, 11) is 0. The number of nitrogens with one attached hydrogen (secondary N) is 3. The molecular weight excluding hydrogens is 433 g/mol. The van der Waals surface area contributed by atoms with Crippen molar-refractivity contribution >= 4 is 11.9 Å². The van der Waals surface area contributed by atoms with E-state index in [1.165, 1.54) is 6.07 Å². The Labute approximate surface area is 197 Å². The number of amides is 1. The fraction of sp³-hybridized carbons (Fsp3) is 0.407. The van der Waals surface area contributed by atoms with Crippen molar-refractivity contribution in [3.63, 3.8) is 0 Å². The topological polar surface area (TPSA) is 79.5 Å². The number of benzene rings is 2. The number of hydrogen-bond acceptors (Lipinski definition) is 5. The quantitative estimate of drug-likeness (QED) is 0.472. The fourth-order valence-corrected chi connectivity index (χ4v) is 5.86. The van der Waals surface area contributed by atoms with E-state index >= 15 is 4.39 Å². The Morgan fingerprint density at radius 1 is 1.24 bits per heavy atom. The van der Waals surface area contributed by atoms with Gasteiger partial charge in [-0.1, -0.05) is 24.1 Å². The van der Waals surface area contributed by atoms with Gasteiger partial charge >= 0.3 is 5.97 Å². The highest BCUT2D eigenvalue weighted by atomic mass is 19.1. The molecule has 2 aromatic rings. The number of fused-ring (bicyclic) bond motifs is 4. The number of rotatable bonds is 5. The normalized spacial score (nSPS) is 26.5. The number of esters is 1. The third kappa shape index (κ3) is 3.41. The minimum atomic E-state index is -0.604. The summed E-state index contributed by atoms with van der Waals surface area (Å²) < 4.78 is 20.7. The van der Waals surface area contributed by atoms with Crippen LogP contribution in [-0.4, -0.2) is 43.1 Å². The lowest BCUT2D eigenvalue weighted by Gasteiger charge is -2.38. The molecule has 1 amide bonds. The van der Waals surface area contributed by atoms with Crippen molar-refractivity contribution in [2.45, 2.75) is 49.4 Å². The van der Waals surface area contributed by atoms with Gasteiger partial charge in [0.05, 0.1) is 17.6 Å². The molecule has 0 aromatic heterocycles. The number of terminal acetylenes is 1. The van der Waals surface area contributed by atoms with Gasteiger partial charge in [0.1, 0.15) is 5.82 Å². The van der Waals surface area contributed by atoms with E-state index < -0.39 is 11.6 Å². The predicted molar refractivity (Wildman–Crippen MR) is 124 cm³/mol. The number of piperidine rings is 1. The Morgan fingerprint density at radius 3 is 2.68 bits per heavy atom. The molecule has 1 saturated carbocycles. The largest absolute Gasteiger partial charge is 0.448 e. The maximum absolute atomic E-state index is 15.1. The van der Waals surface area contributed by atoms with E-state index in [0.717, 1.165) is 30.4 Å². The molecule has 6 rings (SSSR count). The minimum absolute atomic E-state index is 0.0958. The van der Waals surface area contributed by atoms with Gasteiger partial charge < -0.3 is 20.7 Å². The van der Waals surface area contributed by atoms with Gasteiger partial charge in [-0.3, -0.25) is 4.79 Å². The van der Waals surface area contributed by atoms with Gasteiger partial charge in [-0.15, -0.1) is 6.42 Å². The SMILES string of the molecule is C#C[C@H](Cc1ccc(-c2ccc3c(c2)C2(CNC2)OC3=O)cc1F)NC(=O)[C@H]1N[C@@H]2CC[C@H]1C2. The minimum Gasteiger partial charge on any atom is -0.448 e. The van der Waals surface area contributed by atoms with Gasteiger partial charge in [0.15, 0.2) is 5.60 Å². The number of hydrogen-bond donors (Lipinski definition) is 3. The summed E-state index contributed by atoms with van der Waals surface area (Å²) >= 11 is 0. The summed E-state index contributed by atoms with van der Waals surface area (Å²) in [5.74, 6) is 2.18. The molecule has 0 radical (unpaired) electrons. The van der Waals surface area contributed by atoms with Crippen molar-refractivity contribution in [2.75, 3.05) is 13.1 Å². The highest BCUT2D eigenvalue weighted by molar-refractivity contribution is 5.96. The molecule has 34 heavy (non-hydrogen) atoms. The van der Waals surface area contributed by atoms with E-state index in [9.17, 15) is 9.59 Å². The zero-order valence-electron chi connectivity index (χ0n) is 18.7. The molecule has 1 spiro atoms. The van der Waals surface area contributed by atoms with E-state index in [1.54, 1.807) is 12.1 Å². The summed E-state index contributed by atoms with van der Waals surface area (Å²) in [5, 5.41) is 9.44. The smallest absolute Gasteiger partial charge is 0.339 e. The number of halogens is 1. The van der Waals surface area contributed by atoms with Crippen LogP contribution in [0.15, 0.2) is 36.4 Å². The van der Waals surface area contributed by atoms with Gasteiger partial charge in [-0.25, -0.2) is 9.18 Å². The van der Waals surface area contributed by atoms with Crippen LogP contribution in [0.25, 0.3) is 11.1 Å². The zero-order chi connectivity index (χ0) is 23.4. The maximum atomic E-state index is 15.1. The third-order valence-electron chi connectivity index (χ3n) is 7.81. The number of ether oxygens (including phenoxy) is 1. The second-order valence-electron chi connectivity index (χ2n) is 9.90. The van der Waals surface area contributed by atoms with Crippen LogP contribution in [0, 0.1) is 24.1 Å². The van der Waals surface area contributed by atoms with Gasteiger partial charge in [0, 0.05) is 31.1 Å². The summed E-state index contributed by atoms with van der Waals surface area (Å²) in [4.78, 5) is 24.9. The third-order valence-corrected chi connectivity index (χ3v) is 7.81. The Kier molecular flexibility index (Phi) is 4.98. The van der Waals surface area contributed by atoms with E-state index in [4.69, 9.17) is 11.2 Å². The van der Waals surface area contributed by atoms with Gasteiger partial charge in [-0.2, -0.15) is 0 Å². The first-order chi connectivity index (χ1) is 16.5. The summed E-state index contributed by atoms with van der Waals surface area (Å²) in [5.41, 5.74) is 2.79. The lowest BCUT2D eigenvalue weighted by atomic mass is 9.85. The second-order valence-corrected chi connectivity index (χ2v) is 9.90. The van der Waals surface area contributed by atoms with Crippen LogP contribution in [0.2, 0.25) is 0 Å². The number of carbonyl (C=O) groups is 2. The van der Waals surface area contributed by atoms with Crippen molar-refractivity contribution in [1.29, 1.82) is 0 Å². The molecule has 7 heteroatoms. The predicted octanol–water partition coefficient (Wildman–Crippen LogP) is 2.26. The Balaban J connectivity index is 1.18. The van der Waals surface area contributed by atoms with Crippen LogP contribution in [0.5, 0.6) is 0 Å². The molecule has 0 unspecified atom stereocenters. The molecule has 4 atom stereocenters. The molecule has 2 bridgehead atoms. The van der Waals surface area contributed by atoms with Crippen LogP contribution in [0.1, 0.15) is 40.7 Å². The van der Waals surface area contributed by atoms with Gasteiger partial charge in [0.2, 0.25) is 5.91 Å². The number of carbonyl (C=O) groups excluding carboxylic acids is 2. The Hall–Kier alpha value is -3.21. The monoisotopic (exact) mass is 459 g/mol. The van der Waals surface area contributed by atoms with Crippen LogP contribution in [-0.2, 0) is 21.6 Å². The molecule has 174 valence electrons. The second kappa shape index (κ2) is 7.93. The van der Waals surface area contributed by atoms with Crippen molar-refractivity contribution in [1.82, 2.24) is 16.0 Å². The summed E-state index contributed by atoms with van der Waals surface area (Å²) in [6.45, 7) is 1.17. The lowest BCUT2D eigenvalue weighted by Crippen LogP contribution is -2.56. The van der Waals surface area contributed by atoms with E-state index in [0.29, 0.717) is 41.7 Å². The van der Waals surface area contributed by atoms with Crippen LogP contribution in [0.3, 0.4) is 0 Å². The van der Waals surface area contributed by atoms with Crippen LogP contribution >= 0.6 is 0 Å². The first-order valence-electron chi connectivity index (χ1n) is 11.9. The summed E-state index contributed by atoms with van der Waals surface area (Å²) in [6, 6.07) is 10.2. The maximum Gasteiger partial charge on any atom is 0.339 e. The Morgan fingerprint density at radius 2 is 2.03 bits per heavy atom. The molecule has 3 N–H and O–H groups in total. The molecule has 3 fully saturated rings. The molecule has 2 saturated heterocycles. The van der Waals surface area contributed by atoms with Crippen molar-refractivity contribution < 1.29 is 18.7 Å². The first-order valence-corrected chi connectivity index (χ1v) is 11.9. The fourth-order valence-electron chi connectivity index (χ4n) is 5.86. The first kappa shape index (κ1) is 21.3. The molecular formula is C27H26FN3O3. The van der Waals surface area contributed by atoms with Crippen LogP contribution in [0.4, 0.5) is 4.39 Å². The van der Waals surface area contributed by atoms with E-state index in [2.05, 4.69) is 21.9 Å². The van der Waals surface area contributed by atoms with E-state index in [1.807, 2.05) is 18.2 Å². The van der Waals surface area contributed by atoms with Crippen LogP contribution < -0.4 is 16.0 Å². The van der Waals surface area contributed by atoms with Crippen molar-refractivity contribution in [2.24, 2.45) is 5.92 Å². The highest BCUT2D eigenvalue weighted by Crippen LogP contribution is 2.41. The molecule has 1 aliphatic carbocycles. The Bertz CT molecular complexity index is 1230. The van der Waals surface area contributed by atoms with Gasteiger partial charge in [0.25, 0.3) is 0 Å². The average Bonchev–Trinajstić information content (AvgIpc) is 3.52. The molecule has 4 aliphatic rings. The standard InChI is InChI=1S/C27H26FN3O3/c1-2-19(31-25(32)24-18-5-7-20(10-18)30-24)9-17-4-3-16(12-23(17)28)15-6-8-21-22(11-15)27(13-29-14-27)34-26(21)33/h1,3-4,6,8,11-12,18-20,24,29-30H,5,7,9-10,13-14H2,(H,31,32)/t18-,19+,20+,24-/m0/s1. The van der Waals surface area contributed by atoms with Gasteiger partial charge in [-0.05, 0) is 60.1 Å². The summed E-state index contributed by atoms with van der Waals surface area (Å²) in [6.07, 6.45) is 9.11. The van der Waals surface area contributed by atoms with Crippen molar-refractivity contribution in [3.05, 3.63) is 58.9 Å². The average molecular weight is 460 g/mol. The molecule has 3 aliphatic heterocycles. The van der Waals surface area contributed by atoms with E-state index in [-0.39, 0.29) is 30.2 Å². The molecule has 3 heterocycles. The highest BCUT2D eigenvalue weighted by Gasteiger charge is 2.50. The van der Waals surface area contributed by atoms with Crippen molar-refractivity contribution in [3.8, 4) is 23.5 Å². The molecule has 2 aromatic carbocycles. The molecule has 6 nitrogen and oxygen atoms in total. The zero-order valence-corrected chi connectivity index (χ0v) is 18.7.